The minimum atomic E-state index is -1.06. The van der Waals surface area contributed by atoms with Gasteiger partial charge in [-0.3, -0.25) is 0 Å². The van der Waals surface area contributed by atoms with Crippen LogP contribution < -0.4 is 0 Å². The van der Waals surface area contributed by atoms with Gasteiger partial charge in [-0.15, -0.1) is 0 Å². The van der Waals surface area contributed by atoms with Crippen molar-refractivity contribution in [3.05, 3.63) is 53.1 Å². The van der Waals surface area contributed by atoms with E-state index in [9.17, 15) is 13.2 Å². The van der Waals surface area contributed by atoms with Crippen LogP contribution in [0.5, 0.6) is 0 Å². The molecular formula is C11H5ClF3N. The molecule has 0 aliphatic rings. The molecule has 0 saturated carbocycles. The zero-order valence-electron chi connectivity index (χ0n) is 7.85. The van der Waals surface area contributed by atoms with Gasteiger partial charge in [0.2, 0.25) is 5.95 Å². The average molecular weight is 244 g/mol. The maximum absolute atomic E-state index is 13.4. The number of aromatic nitrogens is 1. The number of hydrogen-bond donors (Lipinski definition) is 0. The van der Waals surface area contributed by atoms with Gasteiger partial charge < -0.3 is 0 Å². The fourth-order valence-electron chi connectivity index (χ4n) is 1.33. The molecule has 1 aromatic heterocycles. The van der Waals surface area contributed by atoms with Gasteiger partial charge in [-0.2, -0.15) is 4.39 Å². The maximum atomic E-state index is 13.4. The van der Waals surface area contributed by atoms with Crippen molar-refractivity contribution in [2.24, 2.45) is 0 Å². The molecule has 0 aliphatic carbocycles. The fourth-order valence-corrected chi connectivity index (χ4v) is 1.54. The lowest BCUT2D eigenvalue weighted by Gasteiger charge is -2.05. The Morgan fingerprint density at radius 1 is 1.06 bits per heavy atom. The predicted molar refractivity (Wildman–Crippen MR) is 54.6 cm³/mol. The summed E-state index contributed by atoms with van der Waals surface area (Å²) in [5, 5.41) is 0.0610. The minimum Gasteiger partial charge on any atom is -0.227 e. The third kappa shape index (κ3) is 1.88. The molecule has 0 aliphatic heterocycles. The summed E-state index contributed by atoms with van der Waals surface area (Å²) in [4.78, 5) is 3.30. The van der Waals surface area contributed by atoms with E-state index < -0.39 is 17.6 Å². The van der Waals surface area contributed by atoms with E-state index in [0.29, 0.717) is 0 Å². The summed E-state index contributed by atoms with van der Waals surface area (Å²) >= 11 is 5.74. The molecule has 0 N–H and O–H groups in total. The molecule has 0 fully saturated rings. The van der Waals surface area contributed by atoms with Crippen molar-refractivity contribution in [2.75, 3.05) is 0 Å². The van der Waals surface area contributed by atoms with Crippen molar-refractivity contribution in [1.82, 2.24) is 4.98 Å². The van der Waals surface area contributed by atoms with E-state index in [2.05, 4.69) is 4.98 Å². The van der Waals surface area contributed by atoms with Crippen molar-refractivity contribution < 1.29 is 13.2 Å². The Morgan fingerprint density at radius 3 is 2.56 bits per heavy atom. The van der Waals surface area contributed by atoms with Crippen molar-refractivity contribution >= 4 is 11.6 Å². The number of rotatable bonds is 1. The Bertz CT molecular complexity index is 543. The van der Waals surface area contributed by atoms with E-state index in [0.717, 1.165) is 18.3 Å². The van der Waals surface area contributed by atoms with Crippen LogP contribution in [0.1, 0.15) is 0 Å². The van der Waals surface area contributed by atoms with Gasteiger partial charge in [0.1, 0.15) is 0 Å². The number of benzene rings is 1. The second-order valence-corrected chi connectivity index (χ2v) is 3.50. The smallest absolute Gasteiger partial charge is 0.213 e. The van der Waals surface area contributed by atoms with E-state index in [4.69, 9.17) is 11.6 Å². The van der Waals surface area contributed by atoms with Crippen LogP contribution in [0.2, 0.25) is 5.02 Å². The Hall–Kier alpha value is -1.55. The summed E-state index contributed by atoms with van der Waals surface area (Å²) in [6.45, 7) is 0. The van der Waals surface area contributed by atoms with Crippen LogP contribution in [0.3, 0.4) is 0 Å². The summed E-state index contributed by atoms with van der Waals surface area (Å²) < 4.78 is 39.3. The van der Waals surface area contributed by atoms with Crippen molar-refractivity contribution in [1.29, 1.82) is 0 Å². The molecule has 1 heterocycles. The molecule has 0 saturated heterocycles. The van der Waals surface area contributed by atoms with Crippen LogP contribution in [0, 0.1) is 17.6 Å². The van der Waals surface area contributed by atoms with Gasteiger partial charge in [0.05, 0.1) is 5.02 Å². The molecule has 82 valence electrons. The van der Waals surface area contributed by atoms with Crippen LogP contribution in [0.15, 0.2) is 30.5 Å². The van der Waals surface area contributed by atoms with Crippen LogP contribution >= 0.6 is 11.6 Å². The second kappa shape index (κ2) is 4.14. The maximum Gasteiger partial charge on any atom is 0.213 e. The highest BCUT2D eigenvalue weighted by Crippen LogP contribution is 2.30. The number of hydrogen-bond acceptors (Lipinski definition) is 1. The number of nitrogens with zero attached hydrogens (tertiary/aromatic N) is 1. The van der Waals surface area contributed by atoms with Crippen molar-refractivity contribution in [3.8, 4) is 11.1 Å². The average Bonchev–Trinajstić information content (AvgIpc) is 2.26. The first kappa shape index (κ1) is 11.0. The first-order chi connectivity index (χ1) is 7.59. The molecular weight excluding hydrogens is 239 g/mol. The summed E-state index contributed by atoms with van der Waals surface area (Å²) in [5.41, 5.74) is -0.0162. The van der Waals surface area contributed by atoms with Crippen LogP contribution in [0.25, 0.3) is 11.1 Å². The van der Waals surface area contributed by atoms with E-state index in [1.54, 1.807) is 0 Å². The molecule has 0 bridgehead atoms. The van der Waals surface area contributed by atoms with E-state index in [1.807, 2.05) is 0 Å². The van der Waals surface area contributed by atoms with E-state index >= 15 is 0 Å². The van der Waals surface area contributed by atoms with Crippen molar-refractivity contribution in [3.63, 3.8) is 0 Å². The third-order valence-electron chi connectivity index (χ3n) is 2.06. The Kier molecular flexibility index (Phi) is 2.83. The normalized spacial score (nSPS) is 10.5. The van der Waals surface area contributed by atoms with Gasteiger partial charge in [-0.05, 0) is 6.07 Å². The SMILES string of the molecule is Fc1cc(-c2cccc(F)c2F)c(Cl)cn1. The molecule has 16 heavy (non-hydrogen) atoms. The minimum absolute atomic E-state index is 0.0610. The first-order valence-electron chi connectivity index (χ1n) is 4.35. The van der Waals surface area contributed by atoms with Crippen molar-refractivity contribution in [2.45, 2.75) is 0 Å². The zero-order chi connectivity index (χ0) is 11.7. The third-order valence-corrected chi connectivity index (χ3v) is 2.36. The fraction of sp³-hybridized carbons (Fsp3) is 0. The van der Waals surface area contributed by atoms with E-state index in [-0.39, 0.29) is 16.1 Å². The summed E-state index contributed by atoms with van der Waals surface area (Å²) in [7, 11) is 0. The van der Waals surface area contributed by atoms with Crippen LogP contribution in [-0.2, 0) is 0 Å². The second-order valence-electron chi connectivity index (χ2n) is 3.09. The van der Waals surface area contributed by atoms with Gasteiger partial charge in [-0.25, -0.2) is 13.8 Å². The highest BCUT2D eigenvalue weighted by atomic mass is 35.5. The summed E-state index contributed by atoms with van der Waals surface area (Å²) in [6.07, 6.45) is 1.05. The van der Waals surface area contributed by atoms with Gasteiger partial charge in [-0.1, -0.05) is 23.7 Å². The lowest BCUT2D eigenvalue weighted by Crippen LogP contribution is -1.92. The first-order valence-corrected chi connectivity index (χ1v) is 4.73. The largest absolute Gasteiger partial charge is 0.227 e. The highest BCUT2D eigenvalue weighted by molar-refractivity contribution is 6.33. The molecule has 2 aromatic rings. The Morgan fingerprint density at radius 2 is 1.81 bits per heavy atom. The lowest BCUT2D eigenvalue weighted by atomic mass is 10.1. The quantitative estimate of drug-likeness (QED) is 0.694. The Balaban J connectivity index is 2.67. The molecule has 1 aromatic carbocycles. The number of pyridine rings is 1. The summed E-state index contributed by atoms with van der Waals surface area (Å²) in [5.74, 6) is -2.87. The monoisotopic (exact) mass is 243 g/mol. The highest BCUT2D eigenvalue weighted by Gasteiger charge is 2.13. The van der Waals surface area contributed by atoms with Gasteiger partial charge in [0.15, 0.2) is 11.6 Å². The molecule has 0 spiro atoms. The van der Waals surface area contributed by atoms with Gasteiger partial charge >= 0.3 is 0 Å². The lowest BCUT2D eigenvalue weighted by molar-refractivity contribution is 0.511. The molecule has 5 heteroatoms. The molecule has 0 radical (unpaired) electrons. The molecule has 0 unspecified atom stereocenters. The number of halogens is 4. The topological polar surface area (TPSA) is 12.9 Å². The van der Waals surface area contributed by atoms with E-state index in [1.165, 1.54) is 12.1 Å². The molecule has 0 atom stereocenters. The predicted octanol–water partition coefficient (Wildman–Crippen LogP) is 3.82. The standard InChI is InChI=1S/C11H5ClF3N/c12-8-5-16-10(14)4-7(8)6-2-1-3-9(13)11(6)15/h1-5H. The Labute approximate surface area is 94.5 Å². The van der Waals surface area contributed by atoms with Crippen LogP contribution in [0.4, 0.5) is 13.2 Å². The molecule has 2 rings (SSSR count). The zero-order valence-corrected chi connectivity index (χ0v) is 8.60. The molecule has 0 amide bonds. The van der Waals surface area contributed by atoms with Gasteiger partial charge in [0, 0.05) is 23.4 Å². The van der Waals surface area contributed by atoms with Crippen LogP contribution in [-0.4, -0.2) is 4.98 Å². The summed E-state index contributed by atoms with van der Waals surface area (Å²) in [6, 6.07) is 4.58. The van der Waals surface area contributed by atoms with Gasteiger partial charge in [0.25, 0.3) is 0 Å². The molecule has 1 nitrogen and oxygen atoms in total.